The number of nitrogens with one attached hydrogen (secondary N) is 1. The van der Waals surface area contributed by atoms with E-state index in [4.69, 9.17) is 17.0 Å². The summed E-state index contributed by atoms with van der Waals surface area (Å²) in [5.41, 5.74) is 2.77. The number of nitriles is 1. The molecule has 1 aliphatic heterocycles. The fourth-order valence-corrected chi connectivity index (χ4v) is 5.85. The number of ether oxygens (including phenoxy) is 1. The first-order chi connectivity index (χ1) is 20.6. The monoisotopic (exact) mass is 616 g/mol. The van der Waals surface area contributed by atoms with Crippen LogP contribution in [0.1, 0.15) is 27.9 Å². The van der Waals surface area contributed by atoms with Gasteiger partial charge in [0.25, 0.3) is 5.91 Å². The van der Waals surface area contributed by atoms with Gasteiger partial charge in [0.15, 0.2) is 5.11 Å². The van der Waals surface area contributed by atoms with E-state index in [0.29, 0.717) is 28.1 Å². The Kier molecular flexibility index (Phi) is 8.52. The number of aromatic nitrogens is 1. The number of halogens is 3. The summed E-state index contributed by atoms with van der Waals surface area (Å²) in [5.74, 6) is 0.320. The Morgan fingerprint density at radius 2 is 1.86 bits per heavy atom. The van der Waals surface area contributed by atoms with E-state index in [0.717, 1.165) is 23.4 Å². The number of carbonyl (C=O) groups is 1. The average molecular weight is 617 g/mol. The number of rotatable bonds is 7. The molecular weight excluding hydrogens is 594 g/mol. The topological polar surface area (TPSA) is 78.2 Å². The average Bonchev–Trinajstić information content (AvgIpc) is 3.27. The van der Waals surface area contributed by atoms with Crippen LogP contribution < -0.4 is 15.0 Å². The maximum Gasteiger partial charge on any atom is 0.433 e. The van der Waals surface area contributed by atoms with Crippen LogP contribution in [-0.4, -0.2) is 23.1 Å². The maximum atomic E-state index is 13.8. The third kappa shape index (κ3) is 6.40. The highest BCUT2D eigenvalue weighted by Gasteiger charge is 2.35. The highest BCUT2D eigenvalue weighted by atomic mass is 32.2. The third-order valence-electron chi connectivity index (χ3n) is 6.59. The number of aryl methyl sites for hydroxylation is 1. The SMILES string of the molecule is COc1ccc(/C=C2/NC(=S)N(c3cccc(C)c3)C2=O)cc1CSc1nc(C(F)(F)F)cc(-c2ccccc2)c1C#N. The number of carbonyl (C=O) groups excluding carboxylic acids is 1. The molecule has 216 valence electrons. The van der Waals surface area contributed by atoms with Crippen LogP contribution in [0.15, 0.2) is 89.6 Å². The van der Waals surface area contributed by atoms with Gasteiger partial charge in [0.2, 0.25) is 0 Å². The van der Waals surface area contributed by atoms with Crippen molar-refractivity contribution in [3.63, 3.8) is 0 Å². The van der Waals surface area contributed by atoms with Crippen molar-refractivity contribution in [3.8, 4) is 22.9 Å². The van der Waals surface area contributed by atoms with Crippen molar-refractivity contribution in [2.24, 2.45) is 0 Å². The maximum absolute atomic E-state index is 13.8. The summed E-state index contributed by atoms with van der Waals surface area (Å²) in [6.07, 6.45) is -3.06. The number of anilines is 1. The molecule has 0 aliphatic carbocycles. The molecule has 11 heteroatoms. The molecule has 1 amide bonds. The summed E-state index contributed by atoms with van der Waals surface area (Å²) in [4.78, 5) is 18.5. The second-order valence-corrected chi connectivity index (χ2v) is 10.9. The molecule has 43 heavy (non-hydrogen) atoms. The Bertz CT molecular complexity index is 1800. The van der Waals surface area contributed by atoms with Gasteiger partial charge in [0, 0.05) is 16.9 Å². The van der Waals surface area contributed by atoms with Crippen molar-refractivity contribution in [3.05, 3.63) is 113 Å². The zero-order valence-corrected chi connectivity index (χ0v) is 24.5. The lowest BCUT2D eigenvalue weighted by molar-refractivity contribution is -0.141. The molecule has 2 heterocycles. The first-order valence-corrected chi connectivity index (χ1v) is 14.3. The minimum Gasteiger partial charge on any atom is -0.496 e. The van der Waals surface area contributed by atoms with Crippen molar-refractivity contribution in [2.75, 3.05) is 12.0 Å². The predicted octanol–water partition coefficient (Wildman–Crippen LogP) is 7.51. The number of amides is 1. The summed E-state index contributed by atoms with van der Waals surface area (Å²) in [6, 6.07) is 24.0. The van der Waals surface area contributed by atoms with Crippen LogP contribution in [-0.2, 0) is 16.7 Å². The normalized spacial score (nSPS) is 14.1. The van der Waals surface area contributed by atoms with E-state index in [1.807, 2.05) is 31.2 Å². The van der Waals surface area contributed by atoms with E-state index in [1.165, 1.54) is 12.0 Å². The number of thioether (sulfide) groups is 1. The molecule has 1 aliphatic rings. The lowest BCUT2D eigenvalue weighted by Gasteiger charge is -2.15. The fraction of sp³-hybridized carbons (Fsp3) is 0.125. The van der Waals surface area contributed by atoms with Crippen molar-refractivity contribution >= 4 is 46.8 Å². The zero-order chi connectivity index (χ0) is 30.7. The Labute approximate surface area is 255 Å². The van der Waals surface area contributed by atoms with Crippen LogP contribution >= 0.6 is 24.0 Å². The van der Waals surface area contributed by atoms with Gasteiger partial charge in [-0.1, -0.05) is 48.5 Å². The van der Waals surface area contributed by atoms with Crippen molar-refractivity contribution in [1.82, 2.24) is 10.3 Å². The van der Waals surface area contributed by atoms with Crippen molar-refractivity contribution < 1.29 is 22.7 Å². The van der Waals surface area contributed by atoms with Gasteiger partial charge in [0.1, 0.15) is 28.2 Å². The van der Waals surface area contributed by atoms with Gasteiger partial charge in [-0.2, -0.15) is 18.4 Å². The van der Waals surface area contributed by atoms with Crippen LogP contribution in [0.4, 0.5) is 18.9 Å². The van der Waals surface area contributed by atoms with Crippen LogP contribution in [0, 0.1) is 18.3 Å². The Morgan fingerprint density at radius 3 is 2.53 bits per heavy atom. The number of benzene rings is 3. The van der Waals surface area contributed by atoms with E-state index in [-0.39, 0.29) is 38.6 Å². The van der Waals surface area contributed by atoms with Crippen LogP contribution in [0.3, 0.4) is 0 Å². The summed E-state index contributed by atoms with van der Waals surface area (Å²) >= 11 is 6.42. The molecule has 1 fully saturated rings. The molecule has 6 nitrogen and oxygen atoms in total. The molecule has 3 aromatic carbocycles. The highest BCUT2D eigenvalue weighted by Crippen LogP contribution is 2.38. The van der Waals surface area contributed by atoms with Crippen LogP contribution in [0.5, 0.6) is 5.75 Å². The van der Waals surface area contributed by atoms with Crippen molar-refractivity contribution in [1.29, 1.82) is 5.26 Å². The number of nitrogens with zero attached hydrogens (tertiary/aromatic N) is 3. The summed E-state index contributed by atoms with van der Waals surface area (Å²) in [7, 11) is 1.48. The van der Waals surface area contributed by atoms with Gasteiger partial charge < -0.3 is 10.1 Å². The number of alkyl halides is 3. The number of hydrogen-bond donors (Lipinski definition) is 1. The molecule has 0 radical (unpaired) electrons. The molecule has 1 saturated heterocycles. The summed E-state index contributed by atoms with van der Waals surface area (Å²) < 4.78 is 46.9. The third-order valence-corrected chi connectivity index (χ3v) is 7.90. The second-order valence-electron chi connectivity index (χ2n) is 9.54. The number of thiocarbonyl (C=S) groups is 1. The van der Waals surface area contributed by atoms with Crippen molar-refractivity contribution in [2.45, 2.75) is 23.9 Å². The Balaban J connectivity index is 1.47. The number of pyridine rings is 1. The molecule has 4 aromatic rings. The second kappa shape index (κ2) is 12.3. The predicted molar refractivity (Wildman–Crippen MR) is 164 cm³/mol. The molecule has 0 unspecified atom stereocenters. The Hall–Kier alpha value is -4.66. The van der Waals surface area contributed by atoms with Crippen LogP contribution in [0.2, 0.25) is 0 Å². The van der Waals surface area contributed by atoms with E-state index in [1.54, 1.807) is 60.7 Å². The standard InChI is InChI=1S/C32H23F3N4O2S2/c1-19-7-6-10-23(13-19)39-30(40)26(37-31(39)42)15-20-11-12-27(41-2)22(14-20)18-43-29-25(17-36)24(21-8-4-3-5-9-21)16-28(38-29)32(33,34)35/h3-16H,18H2,1-2H3,(H,37,42)/b26-15+. The molecule has 1 aromatic heterocycles. The molecule has 5 rings (SSSR count). The zero-order valence-electron chi connectivity index (χ0n) is 22.9. The van der Waals surface area contributed by atoms with E-state index in [9.17, 15) is 23.2 Å². The van der Waals surface area contributed by atoms with Gasteiger partial charge in [0.05, 0.1) is 18.4 Å². The summed E-state index contributed by atoms with van der Waals surface area (Å²) in [6.45, 7) is 1.92. The summed E-state index contributed by atoms with van der Waals surface area (Å²) in [5, 5.41) is 13.1. The fourth-order valence-electron chi connectivity index (χ4n) is 4.58. The molecule has 0 spiro atoms. The van der Waals surface area contributed by atoms with Gasteiger partial charge in [-0.25, -0.2) is 4.98 Å². The highest BCUT2D eigenvalue weighted by molar-refractivity contribution is 7.98. The van der Waals surface area contributed by atoms with E-state index >= 15 is 0 Å². The quantitative estimate of drug-likeness (QED) is 0.131. The molecule has 0 saturated carbocycles. The number of hydrogen-bond acceptors (Lipinski definition) is 6. The molecule has 1 N–H and O–H groups in total. The van der Waals surface area contributed by atoms with E-state index < -0.39 is 11.9 Å². The van der Waals surface area contributed by atoms with Gasteiger partial charge in [-0.05, 0) is 72.2 Å². The largest absolute Gasteiger partial charge is 0.496 e. The smallest absolute Gasteiger partial charge is 0.433 e. The van der Waals surface area contributed by atoms with Crippen LogP contribution in [0.25, 0.3) is 17.2 Å². The first kappa shape index (κ1) is 29.8. The minimum atomic E-state index is -4.70. The van der Waals surface area contributed by atoms with Gasteiger partial charge in [-0.3, -0.25) is 9.69 Å². The molecule has 0 bridgehead atoms. The number of methoxy groups -OCH3 is 1. The van der Waals surface area contributed by atoms with E-state index in [2.05, 4.69) is 10.3 Å². The van der Waals surface area contributed by atoms with Gasteiger partial charge >= 0.3 is 6.18 Å². The minimum absolute atomic E-state index is 0.0474. The Morgan fingerprint density at radius 1 is 1.09 bits per heavy atom. The first-order valence-electron chi connectivity index (χ1n) is 12.9. The molecular formula is C32H23F3N4O2S2. The lowest BCUT2D eigenvalue weighted by Crippen LogP contribution is -2.30. The van der Waals surface area contributed by atoms with Gasteiger partial charge in [-0.15, -0.1) is 11.8 Å². The lowest BCUT2D eigenvalue weighted by atomic mass is 10.0. The molecule has 0 atom stereocenters.